The van der Waals surface area contributed by atoms with E-state index in [-0.39, 0.29) is 11.6 Å². The SMILES string of the molecule is Clc1ccc(C(C2=NOC3(CCCCC3)C2)n2cncn2)cc1. The van der Waals surface area contributed by atoms with Crippen LogP contribution in [0.3, 0.4) is 0 Å². The Morgan fingerprint density at radius 1 is 1.13 bits per heavy atom. The lowest BCUT2D eigenvalue weighted by molar-refractivity contribution is -0.0449. The molecule has 1 aromatic heterocycles. The van der Waals surface area contributed by atoms with Gasteiger partial charge in [-0.15, -0.1) is 0 Å². The van der Waals surface area contributed by atoms with Crippen molar-refractivity contribution < 1.29 is 4.84 Å². The topological polar surface area (TPSA) is 52.3 Å². The lowest BCUT2D eigenvalue weighted by Crippen LogP contribution is -2.33. The average Bonchev–Trinajstić information content (AvgIpc) is 3.22. The summed E-state index contributed by atoms with van der Waals surface area (Å²) in [5, 5.41) is 9.51. The summed E-state index contributed by atoms with van der Waals surface area (Å²) < 4.78 is 1.84. The normalized spacial score (nSPS) is 21.0. The number of hydrogen-bond acceptors (Lipinski definition) is 4. The molecule has 5 nitrogen and oxygen atoms in total. The van der Waals surface area contributed by atoms with Gasteiger partial charge >= 0.3 is 0 Å². The van der Waals surface area contributed by atoms with Gasteiger partial charge in [0.15, 0.2) is 0 Å². The van der Waals surface area contributed by atoms with Crippen molar-refractivity contribution >= 4 is 17.3 Å². The number of aromatic nitrogens is 3. The molecule has 1 fully saturated rings. The highest BCUT2D eigenvalue weighted by Crippen LogP contribution is 2.41. The van der Waals surface area contributed by atoms with E-state index in [0.717, 1.165) is 35.6 Å². The van der Waals surface area contributed by atoms with Gasteiger partial charge in [0.25, 0.3) is 0 Å². The summed E-state index contributed by atoms with van der Waals surface area (Å²) >= 11 is 6.03. The molecule has 1 unspecified atom stereocenters. The van der Waals surface area contributed by atoms with E-state index in [9.17, 15) is 0 Å². The van der Waals surface area contributed by atoms with Gasteiger partial charge < -0.3 is 4.84 Å². The first-order chi connectivity index (χ1) is 11.3. The van der Waals surface area contributed by atoms with Crippen LogP contribution < -0.4 is 0 Å². The van der Waals surface area contributed by atoms with Crippen LogP contribution in [0.1, 0.15) is 50.1 Å². The van der Waals surface area contributed by atoms with E-state index in [4.69, 9.17) is 16.4 Å². The summed E-state index contributed by atoms with van der Waals surface area (Å²) in [5.41, 5.74) is 2.01. The van der Waals surface area contributed by atoms with Crippen molar-refractivity contribution in [1.82, 2.24) is 14.8 Å². The van der Waals surface area contributed by atoms with Crippen LogP contribution in [0.4, 0.5) is 0 Å². The average molecular weight is 331 g/mol. The van der Waals surface area contributed by atoms with Gasteiger partial charge in [0.2, 0.25) is 0 Å². The Balaban J connectivity index is 1.65. The summed E-state index contributed by atoms with van der Waals surface area (Å²) in [7, 11) is 0. The third kappa shape index (κ3) is 2.85. The molecule has 1 aliphatic carbocycles. The van der Waals surface area contributed by atoms with Gasteiger partial charge in [0.05, 0.1) is 5.71 Å². The molecule has 120 valence electrons. The number of halogens is 1. The van der Waals surface area contributed by atoms with Crippen LogP contribution in [0, 0.1) is 0 Å². The molecule has 2 heterocycles. The highest BCUT2D eigenvalue weighted by atomic mass is 35.5. The Kier molecular flexibility index (Phi) is 3.81. The van der Waals surface area contributed by atoms with Crippen molar-refractivity contribution in [2.24, 2.45) is 5.16 Å². The fraction of sp³-hybridized carbons (Fsp3) is 0.471. The van der Waals surface area contributed by atoms with E-state index in [0.29, 0.717) is 0 Å². The molecule has 0 amide bonds. The van der Waals surface area contributed by atoms with Crippen LogP contribution in [0.25, 0.3) is 0 Å². The van der Waals surface area contributed by atoms with E-state index in [1.54, 1.807) is 12.7 Å². The second kappa shape index (κ2) is 5.96. The quantitative estimate of drug-likeness (QED) is 0.854. The molecule has 23 heavy (non-hydrogen) atoms. The predicted octanol–water partition coefficient (Wildman–Crippen LogP) is 4.00. The Hall–Kier alpha value is -1.88. The van der Waals surface area contributed by atoms with Crippen molar-refractivity contribution in [3.63, 3.8) is 0 Å². The molecule has 0 bridgehead atoms. The molecule has 0 saturated heterocycles. The third-order valence-electron chi connectivity index (χ3n) is 4.83. The van der Waals surface area contributed by atoms with Crippen molar-refractivity contribution in [2.45, 2.75) is 50.2 Å². The van der Waals surface area contributed by atoms with Crippen molar-refractivity contribution in [3.05, 3.63) is 47.5 Å². The highest BCUT2D eigenvalue weighted by Gasteiger charge is 2.42. The van der Waals surface area contributed by atoms with Crippen LogP contribution in [0.2, 0.25) is 5.02 Å². The van der Waals surface area contributed by atoms with Crippen molar-refractivity contribution in [2.75, 3.05) is 0 Å². The minimum Gasteiger partial charge on any atom is -0.389 e. The Morgan fingerprint density at radius 3 is 2.61 bits per heavy atom. The third-order valence-corrected chi connectivity index (χ3v) is 5.08. The molecule has 1 aromatic carbocycles. The standard InChI is InChI=1S/C17H19ClN4O/c18-14-6-4-13(5-7-14)16(22-12-19-11-20-22)15-10-17(23-21-15)8-2-1-3-9-17/h4-7,11-12,16H,1-3,8-10H2. The maximum atomic E-state index is 6.03. The van der Waals surface area contributed by atoms with Gasteiger partial charge in [-0.05, 0) is 43.4 Å². The molecular weight excluding hydrogens is 312 g/mol. The summed E-state index contributed by atoms with van der Waals surface area (Å²) in [6.07, 6.45) is 10.1. The largest absolute Gasteiger partial charge is 0.389 e. The number of hydrogen-bond donors (Lipinski definition) is 0. The van der Waals surface area contributed by atoms with Crippen molar-refractivity contribution in [3.8, 4) is 0 Å². The van der Waals surface area contributed by atoms with Crippen LogP contribution in [-0.2, 0) is 4.84 Å². The van der Waals surface area contributed by atoms with E-state index in [1.165, 1.54) is 19.3 Å². The predicted molar refractivity (Wildman–Crippen MR) is 88.6 cm³/mol. The Morgan fingerprint density at radius 2 is 1.91 bits per heavy atom. The van der Waals surface area contributed by atoms with Gasteiger partial charge in [0.1, 0.15) is 24.3 Å². The van der Waals surface area contributed by atoms with Crippen molar-refractivity contribution in [1.29, 1.82) is 0 Å². The first-order valence-corrected chi connectivity index (χ1v) is 8.48. The van der Waals surface area contributed by atoms with E-state index in [2.05, 4.69) is 15.2 Å². The van der Waals surface area contributed by atoms with E-state index >= 15 is 0 Å². The van der Waals surface area contributed by atoms with Gasteiger partial charge in [-0.2, -0.15) is 5.10 Å². The van der Waals surface area contributed by atoms with Crippen LogP contribution >= 0.6 is 11.6 Å². The zero-order valence-electron chi connectivity index (χ0n) is 12.9. The first-order valence-electron chi connectivity index (χ1n) is 8.10. The second-order valence-electron chi connectivity index (χ2n) is 6.42. The minimum atomic E-state index is -0.0984. The fourth-order valence-corrected chi connectivity index (χ4v) is 3.78. The van der Waals surface area contributed by atoms with Gasteiger partial charge in [-0.25, -0.2) is 9.67 Å². The summed E-state index contributed by atoms with van der Waals surface area (Å²) in [6.45, 7) is 0. The second-order valence-corrected chi connectivity index (χ2v) is 6.86. The van der Waals surface area contributed by atoms with E-state index < -0.39 is 0 Å². The smallest absolute Gasteiger partial charge is 0.143 e. The minimum absolute atomic E-state index is 0.0870. The summed E-state index contributed by atoms with van der Waals surface area (Å²) in [5.74, 6) is 0. The fourth-order valence-electron chi connectivity index (χ4n) is 3.65. The number of nitrogens with zero attached hydrogens (tertiary/aromatic N) is 4. The molecule has 4 rings (SSSR count). The summed E-state index contributed by atoms with van der Waals surface area (Å²) in [4.78, 5) is 10.0. The molecule has 0 radical (unpaired) electrons. The monoisotopic (exact) mass is 330 g/mol. The molecule has 2 aliphatic rings. The zero-order valence-corrected chi connectivity index (χ0v) is 13.6. The van der Waals surface area contributed by atoms with E-state index in [1.807, 2.05) is 28.9 Å². The Labute approximate surface area is 140 Å². The maximum Gasteiger partial charge on any atom is 0.143 e. The molecule has 2 aromatic rings. The van der Waals surface area contributed by atoms with Crippen LogP contribution in [0.5, 0.6) is 0 Å². The molecule has 1 atom stereocenters. The Bertz CT molecular complexity index is 690. The van der Waals surface area contributed by atoms with Gasteiger partial charge in [-0.1, -0.05) is 35.3 Å². The maximum absolute atomic E-state index is 6.03. The van der Waals surface area contributed by atoms with Gasteiger partial charge in [-0.3, -0.25) is 0 Å². The molecule has 1 spiro atoms. The zero-order chi connectivity index (χ0) is 15.7. The lowest BCUT2D eigenvalue weighted by Gasteiger charge is -2.30. The molecule has 6 heteroatoms. The molecule has 1 saturated carbocycles. The number of benzene rings is 1. The molecular formula is C17H19ClN4O. The molecule has 1 aliphatic heterocycles. The number of oxime groups is 1. The van der Waals surface area contributed by atoms with Gasteiger partial charge in [0, 0.05) is 11.4 Å². The van der Waals surface area contributed by atoms with Crippen LogP contribution in [0.15, 0.2) is 42.1 Å². The first kappa shape index (κ1) is 14.7. The summed E-state index contributed by atoms with van der Waals surface area (Å²) in [6, 6.07) is 7.74. The highest BCUT2D eigenvalue weighted by molar-refractivity contribution is 6.30. The number of rotatable bonds is 3. The van der Waals surface area contributed by atoms with Crippen LogP contribution in [-0.4, -0.2) is 26.1 Å². The lowest BCUT2D eigenvalue weighted by atomic mass is 9.80. The molecule has 0 N–H and O–H groups in total.